The van der Waals surface area contributed by atoms with Gasteiger partial charge in [0.05, 0.1) is 0 Å². The number of aryl methyl sites for hydroxylation is 1. The van der Waals surface area contributed by atoms with Gasteiger partial charge in [-0.05, 0) is 30.0 Å². The highest BCUT2D eigenvalue weighted by atomic mass is 15.2. The van der Waals surface area contributed by atoms with E-state index in [1.807, 2.05) is 18.2 Å². The third kappa shape index (κ3) is 2.93. The summed E-state index contributed by atoms with van der Waals surface area (Å²) in [7, 11) is 0. The van der Waals surface area contributed by atoms with Crippen LogP contribution in [0, 0.1) is 6.92 Å². The van der Waals surface area contributed by atoms with Gasteiger partial charge in [-0.1, -0.05) is 54.6 Å². The second-order valence-corrected chi connectivity index (χ2v) is 4.26. The molecule has 0 bridgehead atoms. The molecule has 0 aliphatic rings. The smallest absolute Gasteiger partial charge is 0.0500 e. The molecule has 0 heterocycles. The number of rotatable bonds is 4. The van der Waals surface area contributed by atoms with Crippen molar-refractivity contribution in [1.29, 1.82) is 0 Å². The topological polar surface area (TPSA) is 38.0 Å². The van der Waals surface area contributed by atoms with Gasteiger partial charge < -0.3 is 0 Å². The molecule has 0 aromatic heterocycles. The summed E-state index contributed by atoms with van der Waals surface area (Å²) in [5.74, 6) is 5.65. The van der Waals surface area contributed by atoms with Gasteiger partial charge in [0.2, 0.25) is 0 Å². The van der Waals surface area contributed by atoms with Crippen molar-refractivity contribution in [2.75, 3.05) is 0 Å². The van der Waals surface area contributed by atoms with Crippen molar-refractivity contribution >= 4 is 0 Å². The molecule has 0 saturated carbocycles. The van der Waals surface area contributed by atoms with Crippen molar-refractivity contribution < 1.29 is 0 Å². The fourth-order valence-corrected chi connectivity index (χ4v) is 2.02. The maximum atomic E-state index is 5.65. The predicted octanol–water partition coefficient (Wildman–Crippen LogP) is 2.74. The highest BCUT2D eigenvalue weighted by Crippen LogP contribution is 2.19. The normalized spacial score (nSPS) is 12.4. The molecule has 2 nitrogen and oxygen atoms in total. The van der Waals surface area contributed by atoms with E-state index in [9.17, 15) is 0 Å². The highest BCUT2D eigenvalue weighted by Gasteiger charge is 2.10. The lowest BCUT2D eigenvalue weighted by atomic mass is 9.97. The first-order chi connectivity index (χ1) is 8.31. The molecule has 1 unspecified atom stereocenters. The number of benzene rings is 2. The van der Waals surface area contributed by atoms with Crippen molar-refractivity contribution in [2.45, 2.75) is 19.4 Å². The van der Waals surface area contributed by atoms with E-state index in [1.165, 1.54) is 16.7 Å². The number of hydrazine groups is 1. The van der Waals surface area contributed by atoms with Crippen LogP contribution >= 0.6 is 0 Å². The van der Waals surface area contributed by atoms with Crippen LogP contribution in [-0.4, -0.2) is 0 Å². The van der Waals surface area contributed by atoms with E-state index < -0.39 is 0 Å². The minimum absolute atomic E-state index is 0.164. The molecule has 2 heteroatoms. The molecule has 88 valence electrons. The molecule has 0 saturated heterocycles. The zero-order chi connectivity index (χ0) is 12.1. The number of hydrogen-bond acceptors (Lipinski definition) is 2. The second-order valence-electron chi connectivity index (χ2n) is 4.26. The van der Waals surface area contributed by atoms with Gasteiger partial charge in [0.25, 0.3) is 0 Å². The maximum Gasteiger partial charge on any atom is 0.0500 e. The Hall–Kier alpha value is -1.64. The minimum Gasteiger partial charge on any atom is -0.271 e. The van der Waals surface area contributed by atoms with Gasteiger partial charge >= 0.3 is 0 Å². The van der Waals surface area contributed by atoms with Gasteiger partial charge in [-0.3, -0.25) is 11.3 Å². The first-order valence-electron chi connectivity index (χ1n) is 5.87. The molecule has 0 fully saturated rings. The van der Waals surface area contributed by atoms with Crippen molar-refractivity contribution in [3.05, 3.63) is 71.3 Å². The average Bonchev–Trinajstić information content (AvgIpc) is 2.39. The Labute approximate surface area is 102 Å². The lowest BCUT2D eigenvalue weighted by Crippen LogP contribution is -2.29. The van der Waals surface area contributed by atoms with Gasteiger partial charge in [-0.2, -0.15) is 0 Å². The molecule has 0 radical (unpaired) electrons. The Kier molecular flexibility index (Phi) is 3.91. The van der Waals surface area contributed by atoms with Crippen LogP contribution in [0.4, 0.5) is 0 Å². The summed E-state index contributed by atoms with van der Waals surface area (Å²) >= 11 is 0. The fraction of sp³-hybridized carbons (Fsp3) is 0.200. The first kappa shape index (κ1) is 11.8. The summed E-state index contributed by atoms with van der Waals surface area (Å²) in [6, 6.07) is 18.9. The van der Waals surface area contributed by atoms with Gasteiger partial charge in [0.1, 0.15) is 0 Å². The van der Waals surface area contributed by atoms with Gasteiger partial charge in [0, 0.05) is 6.04 Å². The standard InChI is InChI=1S/C15H18N2/c1-12-7-5-6-10-14(12)11-15(17-16)13-8-3-2-4-9-13/h2-10,15,17H,11,16H2,1H3. The molecule has 3 N–H and O–H groups in total. The van der Waals surface area contributed by atoms with E-state index in [0.717, 1.165) is 6.42 Å². The molecule has 0 amide bonds. The van der Waals surface area contributed by atoms with Crippen molar-refractivity contribution in [3.8, 4) is 0 Å². The van der Waals surface area contributed by atoms with Crippen LogP contribution in [0.25, 0.3) is 0 Å². The zero-order valence-corrected chi connectivity index (χ0v) is 10.1. The highest BCUT2D eigenvalue weighted by molar-refractivity contribution is 5.29. The van der Waals surface area contributed by atoms with Gasteiger partial charge in [-0.15, -0.1) is 0 Å². The molecule has 17 heavy (non-hydrogen) atoms. The third-order valence-corrected chi connectivity index (χ3v) is 3.09. The van der Waals surface area contributed by atoms with Crippen molar-refractivity contribution in [3.63, 3.8) is 0 Å². The summed E-state index contributed by atoms with van der Waals surface area (Å²) in [4.78, 5) is 0. The molecule has 2 rings (SSSR count). The van der Waals surface area contributed by atoms with Crippen LogP contribution in [-0.2, 0) is 6.42 Å². The monoisotopic (exact) mass is 226 g/mol. The molecule has 0 aliphatic carbocycles. The molecule has 1 atom stereocenters. The van der Waals surface area contributed by atoms with Gasteiger partial charge in [0.15, 0.2) is 0 Å². The van der Waals surface area contributed by atoms with Crippen molar-refractivity contribution in [2.24, 2.45) is 5.84 Å². The Morgan fingerprint density at radius 2 is 1.65 bits per heavy atom. The summed E-state index contributed by atoms with van der Waals surface area (Å²) < 4.78 is 0. The lowest BCUT2D eigenvalue weighted by Gasteiger charge is -2.17. The zero-order valence-electron chi connectivity index (χ0n) is 10.1. The third-order valence-electron chi connectivity index (χ3n) is 3.09. The maximum absolute atomic E-state index is 5.65. The number of nitrogens with one attached hydrogen (secondary N) is 1. The Morgan fingerprint density at radius 3 is 2.29 bits per heavy atom. The van der Waals surface area contributed by atoms with Crippen LogP contribution in [0.5, 0.6) is 0 Å². The summed E-state index contributed by atoms with van der Waals surface area (Å²) in [5, 5.41) is 0. The minimum atomic E-state index is 0.164. The quantitative estimate of drug-likeness (QED) is 0.621. The summed E-state index contributed by atoms with van der Waals surface area (Å²) in [5.41, 5.74) is 6.76. The van der Waals surface area contributed by atoms with Crippen molar-refractivity contribution in [1.82, 2.24) is 5.43 Å². The van der Waals surface area contributed by atoms with Crippen LogP contribution < -0.4 is 11.3 Å². The van der Waals surface area contributed by atoms with E-state index in [4.69, 9.17) is 5.84 Å². The molecule has 0 aliphatic heterocycles. The molecule has 0 spiro atoms. The number of nitrogens with two attached hydrogens (primary N) is 1. The van der Waals surface area contributed by atoms with E-state index in [0.29, 0.717) is 0 Å². The SMILES string of the molecule is Cc1ccccc1CC(NN)c1ccccc1. The Bertz CT molecular complexity index is 465. The second kappa shape index (κ2) is 5.62. The molecular formula is C15H18N2. The largest absolute Gasteiger partial charge is 0.271 e. The molecule has 2 aromatic rings. The van der Waals surface area contributed by atoms with Crippen LogP contribution in [0.1, 0.15) is 22.7 Å². The van der Waals surface area contributed by atoms with Crippen LogP contribution in [0.15, 0.2) is 54.6 Å². The summed E-state index contributed by atoms with van der Waals surface area (Å²) in [6.07, 6.45) is 0.910. The van der Waals surface area contributed by atoms with E-state index in [1.54, 1.807) is 0 Å². The van der Waals surface area contributed by atoms with Gasteiger partial charge in [-0.25, -0.2) is 0 Å². The predicted molar refractivity (Wildman–Crippen MR) is 71.4 cm³/mol. The fourth-order valence-electron chi connectivity index (χ4n) is 2.02. The Balaban J connectivity index is 2.19. The van der Waals surface area contributed by atoms with Crippen LogP contribution in [0.3, 0.4) is 0 Å². The van der Waals surface area contributed by atoms with E-state index >= 15 is 0 Å². The first-order valence-corrected chi connectivity index (χ1v) is 5.87. The molecular weight excluding hydrogens is 208 g/mol. The lowest BCUT2D eigenvalue weighted by molar-refractivity contribution is 0.551. The average molecular weight is 226 g/mol. The summed E-state index contributed by atoms with van der Waals surface area (Å²) in [6.45, 7) is 2.13. The van der Waals surface area contributed by atoms with E-state index in [2.05, 4.69) is 48.7 Å². The Morgan fingerprint density at radius 1 is 1.00 bits per heavy atom. The van der Waals surface area contributed by atoms with Crippen LogP contribution in [0.2, 0.25) is 0 Å². The molecule has 2 aromatic carbocycles. The van der Waals surface area contributed by atoms with E-state index in [-0.39, 0.29) is 6.04 Å². The number of hydrogen-bond donors (Lipinski definition) is 2.